The van der Waals surface area contributed by atoms with E-state index in [4.69, 9.17) is 0 Å². The molecular weight excluding hydrogens is 496 g/mol. The molecule has 0 saturated carbocycles. The van der Waals surface area contributed by atoms with Crippen LogP contribution in [0.2, 0.25) is 0 Å². The second kappa shape index (κ2) is 9.24. The molecule has 0 bridgehead atoms. The van der Waals surface area contributed by atoms with Gasteiger partial charge in [0.2, 0.25) is 0 Å². The molecule has 2 aliphatic carbocycles. The highest BCUT2D eigenvalue weighted by atomic mass is 15.0. The minimum absolute atomic E-state index is 0.115. The molecular formula is C39H34N2. The highest BCUT2D eigenvalue weighted by Gasteiger charge is 2.25. The highest BCUT2D eigenvalue weighted by Crippen LogP contribution is 2.38. The molecule has 0 amide bonds. The van der Waals surface area contributed by atoms with Crippen LogP contribution in [-0.4, -0.2) is 9.13 Å². The summed E-state index contributed by atoms with van der Waals surface area (Å²) in [6.07, 6.45) is 13.6. The minimum atomic E-state index is -0.115. The fraction of sp³-hybridized carbons (Fsp3) is 0.179. The van der Waals surface area contributed by atoms with Gasteiger partial charge >= 0.3 is 0 Å². The van der Waals surface area contributed by atoms with E-state index < -0.39 is 0 Å². The lowest BCUT2D eigenvalue weighted by molar-refractivity contribution is 0.640. The fourth-order valence-electron chi connectivity index (χ4n) is 7.15. The topological polar surface area (TPSA) is 9.86 Å². The lowest BCUT2D eigenvalue weighted by Crippen LogP contribution is -2.19. The smallest absolute Gasteiger partial charge is 0.0537 e. The molecule has 2 nitrogen and oxygen atoms in total. The van der Waals surface area contributed by atoms with Crippen LogP contribution in [0.15, 0.2) is 109 Å². The predicted molar refractivity (Wildman–Crippen MR) is 173 cm³/mol. The van der Waals surface area contributed by atoms with Gasteiger partial charge in [-0.15, -0.1) is 0 Å². The van der Waals surface area contributed by atoms with Crippen molar-refractivity contribution in [3.63, 3.8) is 0 Å². The Kier molecular flexibility index (Phi) is 5.47. The summed E-state index contributed by atoms with van der Waals surface area (Å²) >= 11 is 0. The van der Waals surface area contributed by atoms with Crippen molar-refractivity contribution < 1.29 is 0 Å². The van der Waals surface area contributed by atoms with Gasteiger partial charge in [0.1, 0.15) is 0 Å². The first-order valence-electron chi connectivity index (χ1n) is 14.9. The van der Waals surface area contributed by atoms with Crippen LogP contribution in [0.1, 0.15) is 60.3 Å². The third-order valence-electron chi connectivity index (χ3n) is 9.40. The van der Waals surface area contributed by atoms with Crippen molar-refractivity contribution in [2.24, 2.45) is 0 Å². The Bertz CT molecular complexity index is 1990. The third-order valence-corrected chi connectivity index (χ3v) is 9.40. The van der Waals surface area contributed by atoms with Crippen LogP contribution >= 0.6 is 0 Å². The molecule has 0 unspecified atom stereocenters. The van der Waals surface area contributed by atoms with Crippen molar-refractivity contribution in [3.05, 3.63) is 143 Å². The van der Waals surface area contributed by atoms with Crippen LogP contribution in [0.3, 0.4) is 0 Å². The summed E-state index contributed by atoms with van der Waals surface area (Å²) in [6, 6.07) is 36.1. The van der Waals surface area contributed by atoms with Crippen LogP contribution < -0.4 is 0 Å². The van der Waals surface area contributed by atoms with Crippen LogP contribution in [0.4, 0.5) is 0 Å². The fourth-order valence-corrected chi connectivity index (χ4v) is 7.15. The molecule has 0 radical (unpaired) electrons. The molecule has 2 aliphatic rings. The first-order valence-corrected chi connectivity index (χ1v) is 14.9. The van der Waals surface area contributed by atoms with E-state index in [1.165, 1.54) is 66.8 Å². The number of rotatable bonds is 4. The molecule has 41 heavy (non-hydrogen) atoms. The van der Waals surface area contributed by atoms with Gasteiger partial charge in [0, 0.05) is 44.5 Å². The minimum Gasteiger partial charge on any atom is -0.313 e. The molecule has 2 heterocycles. The van der Waals surface area contributed by atoms with Crippen molar-refractivity contribution in [3.8, 4) is 11.4 Å². The molecule has 8 rings (SSSR count). The second-order valence-corrected chi connectivity index (χ2v) is 12.0. The van der Waals surface area contributed by atoms with E-state index in [-0.39, 0.29) is 5.41 Å². The summed E-state index contributed by atoms with van der Waals surface area (Å²) in [5, 5.41) is 2.72. The number of aromatic nitrogens is 2. The molecule has 0 atom stereocenters. The Hall–Kier alpha value is -4.56. The number of benzene rings is 4. The van der Waals surface area contributed by atoms with E-state index in [2.05, 4.69) is 144 Å². The van der Waals surface area contributed by atoms with E-state index in [0.717, 1.165) is 25.7 Å². The van der Waals surface area contributed by atoms with Crippen molar-refractivity contribution >= 4 is 34.0 Å². The van der Waals surface area contributed by atoms with Crippen LogP contribution in [0.5, 0.6) is 0 Å². The summed E-state index contributed by atoms with van der Waals surface area (Å²) < 4.78 is 4.90. The Labute approximate surface area is 241 Å². The molecule has 0 spiro atoms. The van der Waals surface area contributed by atoms with Crippen molar-refractivity contribution in [2.75, 3.05) is 0 Å². The largest absolute Gasteiger partial charge is 0.313 e. The van der Waals surface area contributed by atoms with E-state index in [1.54, 1.807) is 0 Å². The molecule has 2 aromatic heterocycles. The summed E-state index contributed by atoms with van der Waals surface area (Å²) in [4.78, 5) is 0. The zero-order valence-electron chi connectivity index (χ0n) is 23.8. The van der Waals surface area contributed by atoms with Gasteiger partial charge in [0.15, 0.2) is 0 Å². The third kappa shape index (κ3) is 3.70. The maximum Gasteiger partial charge on any atom is 0.0537 e. The molecule has 200 valence electrons. The van der Waals surface area contributed by atoms with Crippen molar-refractivity contribution in [1.29, 1.82) is 0 Å². The average molecular weight is 531 g/mol. The van der Waals surface area contributed by atoms with Gasteiger partial charge in [-0.3, -0.25) is 0 Å². The molecule has 0 aliphatic heterocycles. The van der Waals surface area contributed by atoms with Crippen LogP contribution in [0.25, 0.3) is 45.3 Å². The molecule has 4 aromatic carbocycles. The number of nitrogens with zero attached hydrogens (tertiary/aromatic N) is 2. The zero-order chi connectivity index (χ0) is 27.6. The Morgan fingerprint density at radius 1 is 0.561 bits per heavy atom. The monoisotopic (exact) mass is 530 g/mol. The van der Waals surface area contributed by atoms with Crippen LogP contribution in [-0.2, 0) is 18.3 Å². The first-order chi connectivity index (χ1) is 20.1. The number of hydrogen-bond acceptors (Lipinski definition) is 0. The highest BCUT2D eigenvalue weighted by molar-refractivity contribution is 5.93. The molecule has 0 fully saturated rings. The van der Waals surface area contributed by atoms with Gasteiger partial charge in [-0.05, 0) is 84.8 Å². The predicted octanol–water partition coefficient (Wildman–Crippen LogP) is 9.82. The van der Waals surface area contributed by atoms with E-state index >= 15 is 0 Å². The number of fused-ring (bicyclic) bond motifs is 6. The lowest BCUT2D eigenvalue weighted by Gasteiger charge is -2.27. The standard InChI is InChI=1S/C39H34N2/c1-39(2,27-19-23-29(24-20-27)40-35-15-7-3-11-31(35)32-12-4-8-16-36(32)40)28-21-25-30(26-22-28)41-37-17-9-5-13-33(37)34-14-6-10-18-38(34)41/h3-5,7,9-13,15,17-26H,6,8,14,16H2,1-2H3. The normalized spacial score (nSPS) is 14.5. The summed E-state index contributed by atoms with van der Waals surface area (Å²) in [5.74, 6) is 0. The summed E-state index contributed by atoms with van der Waals surface area (Å²) in [7, 11) is 0. The SMILES string of the molecule is CC(C)(c1ccc(-n2c3c(c4ccccc42)CCC=C3)cc1)c1ccc(-n2c3c(c4ccccc42)C=CCC3)cc1. The molecule has 0 N–H and O–H groups in total. The van der Waals surface area contributed by atoms with Gasteiger partial charge in [0.05, 0.1) is 11.0 Å². The number of hydrogen-bond donors (Lipinski definition) is 0. The van der Waals surface area contributed by atoms with E-state index in [9.17, 15) is 0 Å². The Morgan fingerprint density at radius 2 is 1.12 bits per heavy atom. The van der Waals surface area contributed by atoms with Gasteiger partial charge in [0.25, 0.3) is 0 Å². The van der Waals surface area contributed by atoms with E-state index in [1.807, 2.05) is 0 Å². The van der Waals surface area contributed by atoms with Gasteiger partial charge in [-0.2, -0.15) is 0 Å². The summed E-state index contributed by atoms with van der Waals surface area (Å²) in [5.41, 5.74) is 13.2. The number of para-hydroxylation sites is 2. The second-order valence-electron chi connectivity index (χ2n) is 12.0. The number of aryl methyl sites for hydroxylation is 1. The van der Waals surface area contributed by atoms with Gasteiger partial charge in [-0.25, -0.2) is 0 Å². The van der Waals surface area contributed by atoms with E-state index in [0.29, 0.717) is 0 Å². The molecule has 2 heteroatoms. The molecule has 6 aromatic rings. The number of allylic oxidation sites excluding steroid dienone is 2. The van der Waals surface area contributed by atoms with Gasteiger partial charge < -0.3 is 9.13 Å². The Balaban J connectivity index is 1.15. The maximum atomic E-state index is 2.47. The maximum absolute atomic E-state index is 2.47. The average Bonchev–Trinajstić information content (AvgIpc) is 3.54. The van der Waals surface area contributed by atoms with Crippen LogP contribution in [0, 0.1) is 0 Å². The summed E-state index contributed by atoms with van der Waals surface area (Å²) in [6.45, 7) is 4.68. The Morgan fingerprint density at radius 3 is 1.83 bits per heavy atom. The lowest BCUT2D eigenvalue weighted by atomic mass is 9.78. The molecule has 0 saturated heterocycles. The zero-order valence-corrected chi connectivity index (χ0v) is 23.8. The first kappa shape index (κ1) is 24.3. The quantitative estimate of drug-likeness (QED) is 0.215. The van der Waals surface area contributed by atoms with Crippen molar-refractivity contribution in [1.82, 2.24) is 9.13 Å². The van der Waals surface area contributed by atoms with Crippen molar-refractivity contribution in [2.45, 2.75) is 44.9 Å². The van der Waals surface area contributed by atoms with Gasteiger partial charge in [-0.1, -0.05) is 92.7 Å².